The van der Waals surface area contributed by atoms with E-state index in [4.69, 9.17) is 0 Å². The van der Waals surface area contributed by atoms with Gasteiger partial charge in [-0.05, 0) is 62.8 Å². The average molecular weight is 338 g/mol. The number of aryl methyl sites for hydroxylation is 2. The molecular weight excluding hydrogens is 312 g/mol. The number of rotatable bonds is 4. The molecule has 1 aromatic heterocycles. The van der Waals surface area contributed by atoms with Crippen molar-refractivity contribution in [1.82, 2.24) is 9.97 Å². The molecule has 1 aromatic carbocycles. The Balaban J connectivity index is 1.72. The molecule has 0 spiro atoms. The Labute approximate surface area is 149 Å². The van der Waals surface area contributed by atoms with E-state index in [-0.39, 0.29) is 5.91 Å². The van der Waals surface area contributed by atoms with Crippen molar-refractivity contribution in [1.29, 1.82) is 0 Å². The molecule has 1 N–H and O–H groups in total. The monoisotopic (exact) mass is 338 g/mol. The number of aromatic nitrogens is 2. The number of hydrogen-bond acceptors (Lipinski definition) is 4. The van der Waals surface area contributed by atoms with E-state index in [2.05, 4.69) is 33.2 Å². The third-order valence-corrected chi connectivity index (χ3v) is 4.74. The van der Waals surface area contributed by atoms with Crippen LogP contribution in [0.15, 0.2) is 30.6 Å². The third-order valence-electron chi connectivity index (χ3n) is 4.74. The molecule has 1 aliphatic rings. The van der Waals surface area contributed by atoms with Crippen molar-refractivity contribution in [3.8, 4) is 0 Å². The topological polar surface area (TPSA) is 58.1 Å². The van der Waals surface area contributed by atoms with Gasteiger partial charge in [-0.2, -0.15) is 0 Å². The zero-order valence-electron chi connectivity index (χ0n) is 15.2. The molecule has 1 aliphatic heterocycles. The van der Waals surface area contributed by atoms with E-state index < -0.39 is 0 Å². The smallest absolute Gasteiger partial charge is 0.275 e. The first-order chi connectivity index (χ1) is 12.1. The summed E-state index contributed by atoms with van der Waals surface area (Å²) in [5.41, 5.74) is 3.36. The summed E-state index contributed by atoms with van der Waals surface area (Å²) in [6.07, 6.45) is 8.08. The fourth-order valence-corrected chi connectivity index (χ4v) is 3.56. The molecule has 5 heteroatoms. The van der Waals surface area contributed by atoms with E-state index in [1.807, 2.05) is 26.0 Å². The molecule has 2 heterocycles. The highest BCUT2D eigenvalue weighted by molar-refractivity contribution is 6.02. The van der Waals surface area contributed by atoms with E-state index in [0.29, 0.717) is 11.7 Å². The largest absolute Gasteiger partial charge is 0.352 e. The average Bonchev–Trinajstić information content (AvgIpc) is 2.61. The molecule has 0 aliphatic carbocycles. The molecule has 1 unspecified atom stereocenters. The minimum Gasteiger partial charge on any atom is -0.352 e. The van der Waals surface area contributed by atoms with Crippen molar-refractivity contribution in [2.75, 3.05) is 16.8 Å². The van der Waals surface area contributed by atoms with Crippen molar-refractivity contribution in [3.63, 3.8) is 0 Å². The van der Waals surface area contributed by atoms with Crippen LogP contribution < -0.4 is 10.2 Å². The highest BCUT2D eigenvalue weighted by atomic mass is 16.1. The predicted octanol–water partition coefficient (Wildman–Crippen LogP) is 4.11. The molecule has 0 radical (unpaired) electrons. The van der Waals surface area contributed by atoms with Crippen LogP contribution in [0.3, 0.4) is 0 Å². The fraction of sp³-hybridized carbons (Fsp3) is 0.450. The van der Waals surface area contributed by atoms with Crippen molar-refractivity contribution < 1.29 is 4.79 Å². The van der Waals surface area contributed by atoms with Gasteiger partial charge in [-0.1, -0.05) is 13.0 Å². The van der Waals surface area contributed by atoms with E-state index in [1.54, 1.807) is 12.4 Å². The quantitative estimate of drug-likeness (QED) is 0.911. The lowest BCUT2D eigenvalue weighted by molar-refractivity contribution is 0.102. The van der Waals surface area contributed by atoms with Crippen molar-refractivity contribution >= 4 is 17.4 Å². The maximum absolute atomic E-state index is 12.4. The van der Waals surface area contributed by atoms with E-state index in [9.17, 15) is 4.79 Å². The third kappa shape index (κ3) is 4.16. The molecule has 1 saturated heterocycles. The van der Waals surface area contributed by atoms with Gasteiger partial charge in [-0.3, -0.25) is 4.79 Å². The van der Waals surface area contributed by atoms with Crippen molar-refractivity contribution in [2.45, 2.75) is 52.5 Å². The number of hydrogen-bond donors (Lipinski definition) is 1. The standard InChI is InChI=1S/C20H26N4O/c1-4-17-7-5-6-8-24(17)19-13-21-18(12-22-19)20(25)23-16-10-14(2)9-15(3)11-16/h9-13,17H,4-8H2,1-3H3,(H,23,25). The Bertz CT molecular complexity index is 722. The van der Waals surface area contributed by atoms with Crippen LogP contribution in [0.2, 0.25) is 0 Å². The summed E-state index contributed by atoms with van der Waals surface area (Å²) in [5, 5.41) is 2.90. The van der Waals surface area contributed by atoms with E-state index >= 15 is 0 Å². The van der Waals surface area contributed by atoms with Crippen LogP contribution in [0.25, 0.3) is 0 Å². The molecule has 1 amide bonds. The van der Waals surface area contributed by atoms with Gasteiger partial charge in [-0.15, -0.1) is 0 Å². The summed E-state index contributed by atoms with van der Waals surface area (Å²) in [5.74, 6) is 0.643. The van der Waals surface area contributed by atoms with Crippen LogP contribution in [0.4, 0.5) is 11.5 Å². The first kappa shape index (κ1) is 17.4. The summed E-state index contributed by atoms with van der Waals surface area (Å²) < 4.78 is 0. The number of amides is 1. The Kier molecular flexibility index (Phi) is 5.31. The summed E-state index contributed by atoms with van der Waals surface area (Å²) in [4.78, 5) is 23.6. The minimum atomic E-state index is -0.227. The van der Waals surface area contributed by atoms with Crippen LogP contribution >= 0.6 is 0 Å². The second-order valence-electron chi connectivity index (χ2n) is 6.84. The van der Waals surface area contributed by atoms with Gasteiger partial charge >= 0.3 is 0 Å². The van der Waals surface area contributed by atoms with Gasteiger partial charge in [0.05, 0.1) is 12.4 Å². The van der Waals surface area contributed by atoms with Gasteiger partial charge in [0, 0.05) is 18.3 Å². The van der Waals surface area contributed by atoms with E-state index in [1.165, 1.54) is 19.3 Å². The van der Waals surface area contributed by atoms with Crippen LogP contribution in [0.5, 0.6) is 0 Å². The lowest BCUT2D eigenvalue weighted by Crippen LogP contribution is -2.39. The molecular formula is C20H26N4O. The van der Waals surface area contributed by atoms with Crippen molar-refractivity contribution in [2.24, 2.45) is 0 Å². The molecule has 1 atom stereocenters. The van der Waals surface area contributed by atoms with Crippen LogP contribution in [0.1, 0.15) is 54.2 Å². The molecule has 0 bridgehead atoms. The second kappa shape index (κ2) is 7.64. The summed E-state index contributed by atoms with van der Waals surface area (Å²) in [6.45, 7) is 7.25. The van der Waals surface area contributed by atoms with Gasteiger partial charge in [0.1, 0.15) is 11.5 Å². The molecule has 2 aromatic rings. The lowest BCUT2D eigenvalue weighted by Gasteiger charge is -2.35. The van der Waals surface area contributed by atoms with Gasteiger partial charge in [-0.25, -0.2) is 9.97 Å². The van der Waals surface area contributed by atoms with Crippen LogP contribution in [-0.2, 0) is 0 Å². The predicted molar refractivity (Wildman–Crippen MR) is 101 cm³/mol. The highest BCUT2D eigenvalue weighted by Crippen LogP contribution is 2.24. The number of nitrogens with one attached hydrogen (secondary N) is 1. The Morgan fingerprint density at radius 3 is 2.56 bits per heavy atom. The highest BCUT2D eigenvalue weighted by Gasteiger charge is 2.22. The fourth-order valence-electron chi connectivity index (χ4n) is 3.56. The van der Waals surface area contributed by atoms with Gasteiger partial charge in [0.25, 0.3) is 5.91 Å². The normalized spacial score (nSPS) is 17.4. The number of anilines is 2. The summed E-state index contributed by atoms with van der Waals surface area (Å²) in [7, 11) is 0. The maximum atomic E-state index is 12.4. The first-order valence-corrected chi connectivity index (χ1v) is 9.05. The number of nitrogens with zero attached hydrogens (tertiary/aromatic N) is 3. The molecule has 1 fully saturated rings. The Hall–Kier alpha value is -2.43. The number of carbonyl (C=O) groups is 1. The number of benzene rings is 1. The minimum absolute atomic E-state index is 0.227. The summed E-state index contributed by atoms with van der Waals surface area (Å²) >= 11 is 0. The Morgan fingerprint density at radius 2 is 1.92 bits per heavy atom. The van der Waals surface area contributed by atoms with Gasteiger partial charge in [0.2, 0.25) is 0 Å². The Morgan fingerprint density at radius 1 is 1.16 bits per heavy atom. The maximum Gasteiger partial charge on any atom is 0.275 e. The zero-order chi connectivity index (χ0) is 17.8. The number of carbonyl (C=O) groups excluding carboxylic acids is 1. The SMILES string of the molecule is CCC1CCCCN1c1cnc(C(=O)Nc2cc(C)cc(C)c2)cn1. The first-order valence-electron chi connectivity index (χ1n) is 9.05. The zero-order valence-corrected chi connectivity index (χ0v) is 15.2. The van der Waals surface area contributed by atoms with Crippen LogP contribution in [0, 0.1) is 13.8 Å². The molecule has 5 nitrogen and oxygen atoms in total. The molecule has 3 rings (SSSR count). The number of piperidine rings is 1. The lowest BCUT2D eigenvalue weighted by atomic mass is 10.0. The molecule has 25 heavy (non-hydrogen) atoms. The van der Waals surface area contributed by atoms with Crippen molar-refractivity contribution in [3.05, 3.63) is 47.4 Å². The van der Waals surface area contributed by atoms with E-state index in [0.717, 1.165) is 35.6 Å². The second-order valence-corrected chi connectivity index (χ2v) is 6.84. The molecule has 0 saturated carbocycles. The van der Waals surface area contributed by atoms with Crippen LogP contribution in [-0.4, -0.2) is 28.5 Å². The molecule has 132 valence electrons. The summed E-state index contributed by atoms with van der Waals surface area (Å²) in [6, 6.07) is 6.50. The van der Waals surface area contributed by atoms with Gasteiger partial charge < -0.3 is 10.2 Å². The van der Waals surface area contributed by atoms with Gasteiger partial charge in [0.15, 0.2) is 0 Å².